The smallest absolute Gasteiger partial charge is 0.178 e. The molecule has 124 valence electrons. The molecule has 3 atom stereocenters. The Bertz CT molecular complexity index is 913. The number of hydrogen-bond acceptors (Lipinski definition) is 6. The third-order valence-corrected chi connectivity index (χ3v) is 4.55. The molecule has 3 aromatic heterocycles. The number of nitrogens with zero attached hydrogens (tertiary/aromatic N) is 4. The monoisotopic (exact) mass is 326 g/mol. The van der Waals surface area contributed by atoms with Crippen molar-refractivity contribution in [2.75, 3.05) is 6.61 Å². The number of hydrogen-bond donors (Lipinski definition) is 1. The summed E-state index contributed by atoms with van der Waals surface area (Å²) in [6.07, 6.45) is 4.67. The van der Waals surface area contributed by atoms with Crippen LogP contribution in [0.3, 0.4) is 0 Å². The highest BCUT2D eigenvalue weighted by atomic mass is 16.5. The lowest BCUT2D eigenvalue weighted by Crippen LogP contribution is -2.29. The number of imidazole rings is 1. The Hall–Kier alpha value is -2.43. The Morgan fingerprint density at radius 1 is 1.46 bits per heavy atom. The maximum Gasteiger partial charge on any atom is 0.178 e. The second-order valence-electron chi connectivity index (χ2n) is 6.19. The molecule has 4 rings (SSSR count). The fraction of sp³-hybridized carbons (Fsp3) is 0.471. The summed E-state index contributed by atoms with van der Waals surface area (Å²) in [5, 5.41) is 19.0. The predicted molar refractivity (Wildman–Crippen MR) is 86.2 cm³/mol. The molecule has 0 bridgehead atoms. The van der Waals surface area contributed by atoms with E-state index in [0.29, 0.717) is 30.0 Å². The molecule has 0 aromatic carbocycles. The number of nitriles is 1. The normalized spacial score (nSPS) is 22.7. The molecular formula is C17H18N4O3. The highest BCUT2D eigenvalue weighted by Gasteiger charge is 2.29. The first-order chi connectivity index (χ1) is 11.7. The molecule has 0 spiro atoms. The molecule has 0 aliphatic carbocycles. The molecule has 3 unspecified atom stereocenters. The standard InChI is InChI=1S/C17H18N4O3/c1-10(22)17-20-14-8-19-13-5-7-23-16(13)15(14)21(17)11-2-3-12(4-6-18)24-9-11/h5,7-8,10-12,22H,2-4,9H2,1H3. The van der Waals surface area contributed by atoms with Crippen molar-refractivity contribution in [2.24, 2.45) is 0 Å². The molecule has 7 heteroatoms. The van der Waals surface area contributed by atoms with Gasteiger partial charge in [-0.3, -0.25) is 4.98 Å². The molecule has 24 heavy (non-hydrogen) atoms. The molecule has 0 amide bonds. The van der Waals surface area contributed by atoms with Crippen LogP contribution < -0.4 is 0 Å². The van der Waals surface area contributed by atoms with E-state index in [1.807, 2.05) is 10.6 Å². The van der Waals surface area contributed by atoms with E-state index in [0.717, 1.165) is 23.9 Å². The van der Waals surface area contributed by atoms with Crippen molar-refractivity contribution in [2.45, 2.75) is 44.4 Å². The molecule has 1 saturated heterocycles. The number of aliphatic hydroxyl groups excluding tert-OH is 1. The zero-order valence-electron chi connectivity index (χ0n) is 13.3. The summed E-state index contributed by atoms with van der Waals surface area (Å²) in [4.78, 5) is 8.90. The highest BCUT2D eigenvalue weighted by molar-refractivity contribution is 5.98. The zero-order valence-corrected chi connectivity index (χ0v) is 13.3. The van der Waals surface area contributed by atoms with Gasteiger partial charge in [-0.25, -0.2) is 4.98 Å². The average molecular weight is 326 g/mol. The van der Waals surface area contributed by atoms with Gasteiger partial charge >= 0.3 is 0 Å². The summed E-state index contributed by atoms with van der Waals surface area (Å²) in [6.45, 7) is 2.19. The van der Waals surface area contributed by atoms with Gasteiger partial charge in [-0.2, -0.15) is 5.26 Å². The third kappa shape index (κ3) is 2.35. The van der Waals surface area contributed by atoms with Gasteiger partial charge in [0, 0.05) is 6.07 Å². The maximum absolute atomic E-state index is 10.2. The minimum absolute atomic E-state index is 0.0127. The Morgan fingerprint density at radius 3 is 3.04 bits per heavy atom. The van der Waals surface area contributed by atoms with Crippen LogP contribution in [0.5, 0.6) is 0 Å². The fourth-order valence-corrected chi connectivity index (χ4v) is 3.42. The molecule has 3 aromatic rings. The quantitative estimate of drug-likeness (QED) is 0.795. The van der Waals surface area contributed by atoms with E-state index >= 15 is 0 Å². The Balaban J connectivity index is 1.82. The molecule has 0 saturated carbocycles. The minimum atomic E-state index is -0.709. The van der Waals surface area contributed by atoms with Gasteiger partial charge < -0.3 is 18.8 Å². The van der Waals surface area contributed by atoms with Crippen molar-refractivity contribution in [1.82, 2.24) is 14.5 Å². The van der Waals surface area contributed by atoms with Crippen molar-refractivity contribution in [3.05, 3.63) is 24.4 Å². The van der Waals surface area contributed by atoms with E-state index in [1.165, 1.54) is 0 Å². The summed E-state index contributed by atoms with van der Waals surface area (Å²) in [5.74, 6) is 0.586. The van der Waals surface area contributed by atoms with Crippen molar-refractivity contribution in [1.29, 1.82) is 5.26 Å². The lowest BCUT2D eigenvalue weighted by atomic mass is 10.0. The summed E-state index contributed by atoms with van der Waals surface area (Å²) < 4.78 is 13.5. The predicted octanol–water partition coefficient (Wildman–Crippen LogP) is 2.86. The first-order valence-electron chi connectivity index (χ1n) is 8.09. The van der Waals surface area contributed by atoms with Crippen LogP contribution in [0.1, 0.15) is 44.2 Å². The van der Waals surface area contributed by atoms with Gasteiger partial charge in [-0.05, 0) is 19.8 Å². The van der Waals surface area contributed by atoms with E-state index in [9.17, 15) is 5.11 Å². The van der Waals surface area contributed by atoms with Gasteiger partial charge in [0.05, 0.1) is 43.7 Å². The molecule has 0 radical (unpaired) electrons. The van der Waals surface area contributed by atoms with Gasteiger partial charge in [0.15, 0.2) is 5.58 Å². The molecular weight excluding hydrogens is 308 g/mol. The van der Waals surface area contributed by atoms with Crippen molar-refractivity contribution in [3.63, 3.8) is 0 Å². The minimum Gasteiger partial charge on any atom is -0.460 e. The van der Waals surface area contributed by atoms with Gasteiger partial charge in [0.2, 0.25) is 0 Å². The number of pyridine rings is 1. The summed E-state index contributed by atoms with van der Waals surface area (Å²) in [5.41, 5.74) is 2.98. The van der Waals surface area contributed by atoms with Crippen LogP contribution in [-0.2, 0) is 4.74 Å². The number of aliphatic hydroxyl groups is 1. The molecule has 1 N–H and O–H groups in total. The van der Waals surface area contributed by atoms with Crippen molar-refractivity contribution >= 4 is 22.1 Å². The van der Waals surface area contributed by atoms with E-state index in [2.05, 4.69) is 16.0 Å². The van der Waals surface area contributed by atoms with Gasteiger partial charge in [-0.15, -0.1) is 0 Å². The van der Waals surface area contributed by atoms with E-state index in [-0.39, 0.29) is 12.1 Å². The number of ether oxygens (including phenoxy) is 1. The van der Waals surface area contributed by atoms with Crippen molar-refractivity contribution < 1.29 is 14.3 Å². The van der Waals surface area contributed by atoms with Crippen LogP contribution in [0.2, 0.25) is 0 Å². The first kappa shape index (κ1) is 15.1. The van der Waals surface area contributed by atoms with E-state index in [4.69, 9.17) is 14.4 Å². The Morgan fingerprint density at radius 2 is 2.33 bits per heavy atom. The molecule has 1 aliphatic heterocycles. The summed E-state index contributed by atoms with van der Waals surface area (Å²) >= 11 is 0. The Kier molecular flexibility index (Phi) is 3.71. The van der Waals surface area contributed by atoms with Crippen LogP contribution in [0.4, 0.5) is 0 Å². The second kappa shape index (κ2) is 5.89. The van der Waals surface area contributed by atoms with Crippen LogP contribution in [-0.4, -0.2) is 32.4 Å². The lowest BCUT2D eigenvalue weighted by Gasteiger charge is -2.30. The van der Waals surface area contributed by atoms with Crippen LogP contribution in [0.25, 0.3) is 22.1 Å². The molecule has 4 heterocycles. The second-order valence-corrected chi connectivity index (χ2v) is 6.19. The largest absolute Gasteiger partial charge is 0.460 e. The topological polar surface area (TPSA) is 97.1 Å². The highest BCUT2D eigenvalue weighted by Crippen LogP contribution is 2.34. The van der Waals surface area contributed by atoms with E-state index < -0.39 is 6.10 Å². The zero-order chi connectivity index (χ0) is 16.7. The molecule has 7 nitrogen and oxygen atoms in total. The number of fused-ring (bicyclic) bond motifs is 3. The fourth-order valence-electron chi connectivity index (χ4n) is 3.42. The van der Waals surface area contributed by atoms with Crippen LogP contribution in [0, 0.1) is 11.3 Å². The molecule has 1 aliphatic rings. The van der Waals surface area contributed by atoms with Gasteiger partial charge in [-0.1, -0.05) is 0 Å². The number of furan rings is 1. The maximum atomic E-state index is 10.2. The SMILES string of the molecule is CC(O)c1nc2cnc3ccoc3c2n1C1CCC(CC#N)OC1. The van der Waals surface area contributed by atoms with Crippen LogP contribution >= 0.6 is 0 Å². The molecule has 1 fully saturated rings. The summed E-state index contributed by atoms with van der Waals surface area (Å²) in [7, 11) is 0. The van der Waals surface area contributed by atoms with E-state index in [1.54, 1.807) is 19.4 Å². The van der Waals surface area contributed by atoms with Crippen molar-refractivity contribution in [3.8, 4) is 6.07 Å². The first-order valence-corrected chi connectivity index (χ1v) is 8.09. The summed E-state index contributed by atoms with van der Waals surface area (Å²) in [6, 6.07) is 4.02. The van der Waals surface area contributed by atoms with Gasteiger partial charge in [0.25, 0.3) is 0 Å². The van der Waals surface area contributed by atoms with Crippen LogP contribution in [0.15, 0.2) is 22.9 Å². The third-order valence-electron chi connectivity index (χ3n) is 4.55. The Labute approximate surface area is 138 Å². The lowest BCUT2D eigenvalue weighted by molar-refractivity contribution is -0.00951. The number of rotatable bonds is 3. The van der Waals surface area contributed by atoms with Gasteiger partial charge in [0.1, 0.15) is 28.5 Å². The number of aromatic nitrogens is 3. The average Bonchev–Trinajstić information content (AvgIpc) is 3.19.